The standard InChI is InChI=1S/C22H29N3O3S.CH2O2/c1-4-28-21(27)19-15(2)23-20(29-19)16-5-6-18(26)17(11-16)12-25-9-7-22(8-10-25)13-24(3)14-22;2-1-3/h5-6,11,26H,4,7-10,12-14H2,1-3H3;1H,(H,2,3). The maximum absolute atomic E-state index is 12.1. The molecule has 0 aliphatic carbocycles. The lowest BCUT2D eigenvalue weighted by Crippen LogP contribution is -2.58. The lowest BCUT2D eigenvalue weighted by Gasteiger charge is -2.53. The number of hydrogen-bond acceptors (Lipinski definition) is 8. The second-order valence-corrected chi connectivity index (χ2v) is 9.55. The number of carbonyl (C=O) groups excluding carboxylic acids is 1. The number of piperidine rings is 1. The Labute approximate surface area is 192 Å². The van der Waals surface area contributed by atoms with Gasteiger partial charge in [0, 0.05) is 30.8 Å². The molecule has 2 aromatic rings. The number of nitrogens with zero attached hydrogens (tertiary/aromatic N) is 3. The van der Waals surface area contributed by atoms with Gasteiger partial charge in [0.1, 0.15) is 15.6 Å². The molecule has 174 valence electrons. The van der Waals surface area contributed by atoms with Gasteiger partial charge in [-0.25, -0.2) is 9.78 Å². The molecule has 2 N–H and O–H groups in total. The van der Waals surface area contributed by atoms with Crippen molar-refractivity contribution in [3.05, 3.63) is 34.3 Å². The second kappa shape index (κ2) is 10.4. The number of phenols is 1. The zero-order valence-electron chi connectivity index (χ0n) is 18.8. The lowest BCUT2D eigenvalue weighted by molar-refractivity contribution is -0.122. The number of aromatic hydroxyl groups is 1. The maximum Gasteiger partial charge on any atom is 0.350 e. The molecule has 0 radical (unpaired) electrons. The first-order valence-electron chi connectivity index (χ1n) is 10.8. The number of thiazole rings is 1. The predicted molar refractivity (Wildman–Crippen MR) is 123 cm³/mol. The van der Waals surface area contributed by atoms with Crippen LogP contribution in [0.15, 0.2) is 18.2 Å². The Morgan fingerprint density at radius 1 is 1.31 bits per heavy atom. The van der Waals surface area contributed by atoms with Crippen molar-refractivity contribution in [1.82, 2.24) is 14.8 Å². The van der Waals surface area contributed by atoms with Gasteiger partial charge in [-0.15, -0.1) is 11.3 Å². The first kappa shape index (κ1) is 24.2. The van der Waals surface area contributed by atoms with Crippen LogP contribution in [0.5, 0.6) is 5.75 Å². The molecule has 2 saturated heterocycles. The van der Waals surface area contributed by atoms with E-state index in [0.29, 0.717) is 28.3 Å². The molecular formula is C23H31N3O5S. The number of carboxylic acid groups (broad SMARTS) is 1. The second-order valence-electron chi connectivity index (χ2n) is 8.55. The van der Waals surface area contributed by atoms with Gasteiger partial charge in [0.25, 0.3) is 6.47 Å². The van der Waals surface area contributed by atoms with Crippen LogP contribution in [0.2, 0.25) is 0 Å². The van der Waals surface area contributed by atoms with Crippen LogP contribution < -0.4 is 0 Å². The predicted octanol–water partition coefficient (Wildman–Crippen LogP) is 3.23. The first-order valence-corrected chi connectivity index (χ1v) is 11.6. The van der Waals surface area contributed by atoms with Crippen LogP contribution in [-0.4, -0.2) is 77.3 Å². The lowest BCUT2D eigenvalue weighted by atomic mass is 9.72. The van der Waals surface area contributed by atoms with E-state index in [4.69, 9.17) is 14.6 Å². The summed E-state index contributed by atoms with van der Waals surface area (Å²) in [4.78, 5) is 30.4. The molecule has 3 heterocycles. The van der Waals surface area contributed by atoms with Crippen molar-refractivity contribution in [3.8, 4) is 16.3 Å². The van der Waals surface area contributed by atoms with Crippen LogP contribution in [-0.2, 0) is 16.1 Å². The zero-order chi connectivity index (χ0) is 23.3. The highest BCUT2D eigenvalue weighted by Crippen LogP contribution is 2.40. The average molecular weight is 462 g/mol. The Balaban J connectivity index is 0.000000913. The quantitative estimate of drug-likeness (QED) is 0.517. The van der Waals surface area contributed by atoms with Crippen LogP contribution in [0.25, 0.3) is 10.6 Å². The average Bonchev–Trinajstić information content (AvgIpc) is 3.13. The highest BCUT2D eigenvalue weighted by Gasteiger charge is 2.42. The molecule has 9 heteroatoms. The monoisotopic (exact) mass is 461 g/mol. The number of rotatable bonds is 5. The van der Waals surface area contributed by atoms with E-state index in [0.717, 1.165) is 35.8 Å². The number of likely N-dealkylation sites (tertiary alicyclic amines) is 2. The fourth-order valence-corrected chi connectivity index (χ4v) is 5.55. The van der Waals surface area contributed by atoms with Crippen molar-refractivity contribution < 1.29 is 24.5 Å². The smallest absolute Gasteiger partial charge is 0.350 e. The summed E-state index contributed by atoms with van der Waals surface area (Å²) in [5.74, 6) is -0.00653. The fraction of sp³-hybridized carbons (Fsp3) is 0.522. The summed E-state index contributed by atoms with van der Waals surface area (Å²) >= 11 is 1.35. The van der Waals surface area contributed by atoms with Gasteiger partial charge in [-0.1, -0.05) is 0 Å². The van der Waals surface area contributed by atoms with Gasteiger partial charge in [-0.05, 0) is 70.4 Å². The summed E-state index contributed by atoms with van der Waals surface area (Å²) in [5, 5.41) is 18.1. The largest absolute Gasteiger partial charge is 0.508 e. The minimum absolute atomic E-state index is 0.250. The minimum atomic E-state index is -0.323. The molecule has 0 bridgehead atoms. The molecular weight excluding hydrogens is 430 g/mol. The van der Waals surface area contributed by atoms with Crippen LogP contribution >= 0.6 is 11.3 Å². The van der Waals surface area contributed by atoms with E-state index in [1.807, 2.05) is 19.1 Å². The van der Waals surface area contributed by atoms with Gasteiger partial charge in [0.05, 0.1) is 12.3 Å². The summed E-state index contributed by atoms with van der Waals surface area (Å²) in [5.41, 5.74) is 3.05. The summed E-state index contributed by atoms with van der Waals surface area (Å²) in [6.45, 7) is 9.04. The molecule has 1 aromatic carbocycles. The fourth-order valence-electron chi connectivity index (χ4n) is 4.59. The molecule has 32 heavy (non-hydrogen) atoms. The maximum atomic E-state index is 12.1. The molecule has 0 amide bonds. The van der Waals surface area contributed by atoms with Gasteiger partial charge in [0.2, 0.25) is 0 Å². The third kappa shape index (κ3) is 5.46. The van der Waals surface area contributed by atoms with Crippen LogP contribution in [0.1, 0.15) is 40.7 Å². The summed E-state index contributed by atoms with van der Waals surface area (Å²) in [7, 11) is 2.19. The number of carbonyl (C=O) groups is 2. The van der Waals surface area contributed by atoms with E-state index >= 15 is 0 Å². The Hall–Kier alpha value is -2.49. The summed E-state index contributed by atoms with van der Waals surface area (Å²) in [6.07, 6.45) is 2.46. The molecule has 2 fully saturated rings. The zero-order valence-corrected chi connectivity index (χ0v) is 19.7. The SMILES string of the molecule is CCOC(=O)c1sc(-c2ccc(O)c(CN3CCC4(CC3)CN(C)C4)c2)nc1C.O=CO. The van der Waals surface area contributed by atoms with Crippen molar-refractivity contribution in [2.75, 3.05) is 39.8 Å². The number of aryl methyl sites for hydroxylation is 1. The molecule has 8 nitrogen and oxygen atoms in total. The van der Waals surface area contributed by atoms with Crippen molar-refractivity contribution >= 4 is 23.8 Å². The molecule has 2 aliphatic heterocycles. The van der Waals surface area contributed by atoms with Gasteiger partial charge in [-0.3, -0.25) is 9.69 Å². The molecule has 1 spiro atoms. The van der Waals surface area contributed by atoms with Gasteiger partial charge < -0.3 is 19.8 Å². The first-order chi connectivity index (χ1) is 15.3. The van der Waals surface area contributed by atoms with Gasteiger partial charge in [0.15, 0.2) is 0 Å². The van der Waals surface area contributed by atoms with Gasteiger partial charge >= 0.3 is 5.97 Å². The van der Waals surface area contributed by atoms with Crippen LogP contribution in [0, 0.1) is 12.3 Å². The highest BCUT2D eigenvalue weighted by atomic mass is 32.1. The summed E-state index contributed by atoms with van der Waals surface area (Å²) < 4.78 is 5.12. The van der Waals surface area contributed by atoms with E-state index in [1.54, 1.807) is 13.0 Å². The third-order valence-corrected chi connectivity index (χ3v) is 7.29. The van der Waals surface area contributed by atoms with Crippen LogP contribution in [0.4, 0.5) is 0 Å². The number of ether oxygens (including phenoxy) is 1. The molecule has 0 atom stereocenters. The number of aromatic nitrogens is 1. The van der Waals surface area contributed by atoms with Crippen molar-refractivity contribution in [3.63, 3.8) is 0 Å². The Bertz CT molecular complexity index is 945. The minimum Gasteiger partial charge on any atom is -0.508 e. The van der Waals surface area contributed by atoms with E-state index in [2.05, 4.69) is 21.8 Å². The Morgan fingerprint density at radius 2 is 1.97 bits per heavy atom. The highest BCUT2D eigenvalue weighted by molar-refractivity contribution is 7.17. The number of hydrogen-bond donors (Lipinski definition) is 2. The topological polar surface area (TPSA) is 103 Å². The normalized spacial score (nSPS) is 17.8. The summed E-state index contributed by atoms with van der Waals surface area (Å²) in [6, 6.07) is 5.60. The van der Waals surface area contributed by atoms with E-state index in [9.17, 15) is 9.90 Å². The van der Waals surface area contributed by atoms with Gasteiger partial charge in [-0.2, -0.15) is 0 Å². The van der Waals surface area contributed by atoms with Crippen LogP contribution in [0.3, 0.4) is 0 Å². The molecule has 1 aromatic heterocycles. The number of phenolic OH excluding ortho intramolecular Hbond substituents is 1. The Morgan fingerprint density at radius 3 is 2.56 bits per heavy atom. The van der Waals surface area contributed by atoms with Crippen molar-refractivity contribution in [2.45, 2.75) is 33.2 Å². The number of benzene rings is 1. The third-order valence-electron chi connectivity index (χ3n) is 6.11. The molecule has 0 unspecified atom stereocenters. The molecule has 4 rings (SSSR count). The molecule has 0 saturated carbocycles. The van der Waals surface area contributed by atoms with E-state index in [1.165, 1.54) is 37.3 Å². The van der Waals surface area contributed by atoms with Crippen molar-refractivity contribution in [1.29, 1.82) is 0 Å². The molecule has 2 aliphatic rings. The Kier molecular flexibility index (Phi) is 7.86. The number of esters is 1. The van der Waals surface area contributed by atoms with E-state index < -0.39 is 0 Å². The van der Waals surface area contributed by atoms with E-state index in [-0.39, 0.29) is 12.4 Å². The van der Waals surface area contributed by atoms with Crippen molar-refractivity contribution in [2.24, 2.45) is 5.41 Å².